The number of carbonyl (C=O) groups excluding carboxylic acids is 1. The topological polar surface area (TPSA) is 78.8 Å². The van der Waals surface area contributed by atoms with Crippen LogP contribution in [0.1, 0.15) is 27.0 Å². The predicted molar refractivity (Wildman–Crippen MR) is 117 cm³/mol. The zero-order valence-corrected chi connectivity index (χ0v) is 18.1. The maximum Gasteiger partial charge on any atom is 0.416 e. The van der Waals surface area contributed by atoms with Crippen molar-refractivity contribution < 1.29 is 26.4 Å². The minimum atomic E-state index is -4.41. The Morgan fingerprint density at radius 2 is 1.61 bits per heavy atom. The van der Waals surface area contributed by atoms with Gasteiger partial charge < -0.3 is 10.2 Å². The van der Waals surface area contributed by atoms with Gasteiger partial charge in [-0.1, -0.05) is 24.3 Å². The summed E-state index contributed by atoms with van der Waals surface area (Å²) in [5.41, 5.74) is 1.20. The third-order valence-electron chi connectivity index (χ3n) is 5.07. The second kappa shape index (κ2) is 8.36. The van der Waals surface area contributed by atoms with E-state index in [9.17, 15) is 26.4 Å². The average Bonchev–Trinajstić information content (AvgIpc) is 3.03. The molecule has 3 aromatic carbocycles. The molecule has 0 spiro atoms. The zero-order valence-electron chi connectivity index (χ0n) is 17.3. The Kier molecular flexibility index (Phi) is 5.71. The summed E-state index contributed by atoms with van der Waals surface area (Å²) in [5.74, 6) is -0.114. The van der Waals surface area contributed by atoms with Gasteiger partial charge in [-0.2, -0.15) is 21.6 Å². The number of fused-ring (bicyclic) bond motifs is 1. The van der Waals surface area contributed by atoms with Crippen LogP contribution in [0.4, 0.5) is 18.9 Å². The Morgan fingerprint density at radius 3 is 2.24 bits per heavy atom. The largest absolute Gasteiger partial charge is 0.416 e. The van der Waals surface area contributed by atoms with E-state index < -0.39 is 21.8 Å². The highest BCUT2D eigenvalue weighted by Crippen LogP contribution is 2.29. The molecule has 3 aromatic rings. The highest BCUT2D eigenvalue weighted by atomic mass is 32.2. The first-order chi connectivity index (χ1) is 15.5. The number of carbonyl (C=O) groups is 1. The molecule has 6 nitrogen and oxygen atoms in total. The van der Waals surface area contributed by atoms with Gasteiger partial charge in [0, 0.05) is 30.4 Å². The van der Waals surface area contributed by atoms with Crippen LogP contribution in [0, 0.1) is 0 Å². The molecule has 0 bridgehead atoms. The lowest BCUT2D eigenvalue weighted by atomic mass is 10.1. The number of amidine groups is 1. The van der Waals surface area contributed by atoms with E-state index in [4.69, 9.17) is 0 Å². The fourth-order valence-corrected chi connectivity index (χ4v) is 4.57. The van der Waals surface area contributed by atoms with Crippen LogP contribution in [0.5, 0.6) is 0 Å². The molecule has 0 radical (unpaired) electrons. The first-order valence-corrected chi connectivity index (χ1v) is 11.2. The maximum absolute atomic E-state index is 12.7. The molecule has 0 saturated heterocycles. The van der Waals surface area contributed by atoms with E-state index in [2.05, 4.69) is 9.71 Å². The lowest BCUT2D eigenvalue weighted by Gasteiger charge is -2.18. The zero-order chi connectivity index (χ0) is 23.8. The quantitative estimate of drug-likeness (QED) is 0.604. The molecule has 33 heavy (non-hydrogen) atoms. The van der Waals surface area contributed by atoms with Crippen LogP contribution in [-0.4, -0.2) is 32.1 Å². The summed E-state index contributed by atoms with van der Waals surface area (Å²) >= 11 is 0. The molecule has 0 atom stereocenters. The standard InChI is InChI=1S/C23H18F3N3O3S/c1-29(14-15-6-10-17(11-7-15)23(24,25)26)22(30)16-8-12-18(13-9-16)27-21-19-4-2-3-5-20(19)33(31,32)28-21/h2-13H,14H2,1H3,(H,27,28). The van der Waals surface area contributed by atoms with E-state index in [-0.39, 0.29) is 23.2 Å². The van der Waals surface area contributed by atoms with Gasteiger partial charge in [-0.3, -0.25) is 4.79 Å². The number of hydrogen-bond acceptors (Lipinski definition) is 4. The van der Waals surface area contributed by atoms with Gasteiger partial charge in [0.2, 0.25) is 0 Å². The maximum atomic E-state index is 12.7. The van der Waals surface area contributed by atoms with Crippen molar-refractivity contribution in [3.63, 3.8) is 0 Å². The van der Waals surface area contributed by atoms with E-state index in [0.717, 1.165) is 12.1 Å². The van der Waals surface area contributed by atoms with Crippen LogP contribution in [-0.2, 0) is 22.7 Å². The van der Waals surface area contributed by atoms with Gasteiger partial charge in [0.15, 0.2) is 5.84 Å². The fraction of sp³-hybridized carbons (Fsp3) is 0.130. The van der Waals surface area contributed by atoms with Crippen molar-refractivity contribution in [2.75, 3.05) is 12.4 Å². The smallest absolute Gasteiger partial charge is 0.339 e. The summed E-state index contributed by atoms with van der Waals surface area (Å²) in [4.78, 5) is 14.2. The van der Waals surface area contributed by atoms with Gasteiger partial charge >= 0.3 is 6.18 Å². The number of amides is 1. The summed E-state index contributed by atoms with van der Waals surface area (Å²) in [5, 5.41) is 2.96. The number of sulfonamides is 1. The summed E-state index contributed by atoms with van der Waals surface area (Å²) in [6.45, 7) is 0.141. The van der Waals surface area contributed by atoms with Gasteiger partial charge in [-0.15, -0.1) is 4.40 Å². The van der Waals surface area contributed by atoms with Crippen LogP contribution in [0.15, 0.2) is 82.1 Å². The van der Waals surface area contributed by atoms with Gasteiger partial charge in [0.1, 0.15) is 4.90 Å². The number of benzene rings is 3. The number of nitrogens with zero attached hydrogens (tertiary/aromatic N) is 2. The minimum Gasteiger partial charge on any atom is -0.339 e. The number of alkyl halides is 3. The monoisotopic (exact) mass is 473 g/mol. The van der Waals surface area contributed by atoms with E-state index in [0.29, 0.717) is 22.4 Å². The van der Waals surface area contributed by atoms with Crippen LogP contribution in [0.25, 0.3) is 0 Å². The first kappa shape index (κ1) is 22.5. The van der Waals surface area contributed by atoms with Gasteiger partial charge in [-0.25, -0.2) is 0 Å². The molecule has 0 unspecified atom stereocenters. The molecule has 0 aromatic heterocycles. The third-order valence-corrected chi connectivity index (χ3v) is 6.41. The van der Waals surface area contributed by atoms with Gasteiger partial charge in [0.25, 0.3) is 15.9 Å². The van der Waals surface area contributed by atoms with E-state index in [1.165, 1.54) is 23.1 Å². The summed E-state index contributed by atoms with van der Waals surface area (Å²) in [6, 6.07) is 17.5. The van der Waals surface area contributed by atoms with Crippen molar-refractivity contribution in [3.8, 4) is 0 Å². The van der Waals surface area contributed by atoms with Crippen molar-refractivity contribution in [1.82, 2.24) is 4.90 Å². The third kappa shape index (κ3) is 4.75. The molecule has 4 rings (SSSR count). The van der Waals surface area contributed by atoms with Crippen molar-refractivity contribution >= 4 is 27.5 Å². The Hall–Kier alpha value is -3.66. The Bertz CT molecular complexity index is 1330. The summed E-state index contributed by atoms with van der Waals surface area (Å²) in [7, 11) is -2.19. The molecule has 1 heterocycles. The molecular weight excluding hydrogens is 455 g/mol. The molecule has 0 aliphatic carbocycles. The molecule has 1 aliphatic heterocycles. The number of nitrogens with one attached hydrogen (secondary N) is 1. The molecule has 170 valence electrons. The van der Waals surface area contributed by atoms with Crippen molar-refractivity contribution in [2.45, 2.75) is 17.6 Å². The highest BCUT2D eigenvalue weighted by Gasteiger charge is 2.30. The number of anilines is 1. The minimum absolute atomic E-state index is 0.129. The molecule has 10 heteroatoms. The normalized spacial score (nSPS) is 14.4. The van der Waals surface area contributed by atoms with Crippen molar-refractivity contribution in [2.24, 2.45) is 4.40 Å². The number of rotatable bonds is 4. The highest BCUT2D eigenvalue weighted by molar-refractivity contribution is 7.90. The SMILES string of the molecule is CN(Cc1ccc(C(F)(F)F)cc1)C(=O)c1ccc(NC2=NS(=O)(=O)c3ccccc32)cc1. The van der Waals surface area contributed by atoms with Crippen molar-refractivity contribution in [3.05, 3.63) is 95.1 Å². The summed E-state index contributed by atoms with van der Waals surface area (Å²) in [6.07, 6.45) is -4.41. The second-order valence-electron chi connectivity index (χ2n) is 7.47. The van der Waals surface area contributed by atoms with Crippen LogP contribution >= 0.6 is 0 Å². The molecule has 0 fully saturated rings. The lowest BCUT2D eigenvalue weighted by molar-refractivity contribution is -0.137. The molecular formula is C23H18F3N3O3S. The predicted octanol–water partition coefficient (Wildman–Crippen LogP) is 4.54. The molecule has 1 aliphatic rings. The van der Waals surface area contributed by atoms with E-state index in [1.54, 1.807) is 49.5 Å². The lowest BCUT2D eigenvalue weighted by Crippen LogP contribution is -2.26. The van der Waals surface area contributed by atoms with Crippen LogP contribution < -0.4 is 5.32 Å². The van der Waals surface area contributed by atoms with Crippen LogP contribution in [0.2, 0.25) is 0 Å². The van der Waals surface area contributed by atoms with Crippen LogP contribution in [0.3, 0.4) is 0 Å². The Labute approximate surface area is 188 Å². The Balaban J connectivity index is 1.43. The summed E-state index contributed by atoms with van der Waals surface area (Å²) < 4.78 is 66.2. The number of halogens is 3. The molecule has 1 amide bonds. The average molecular weight is 473 g/mol. The fourth-order valence-electron chi connectivity index (χ4n) is 3.39. The Morgan fingerprint density at radius 1 is 0.970 bits per heavy atom. The van der Waals surface area contributed by atoms with Gasteiger partial charge in [-0.05, 0) is 54.1 Å². The van der Waals surface area contributed by atoms with E-state index in [1.807, 2.05) is 0 Å². The van der Waals surface area contributed by atoms with E-state index >= 15 is 0 Å². The second-order valence-corrected chi connectivity index (χ2v) is 9.04. The molecule has 0 saturated carbocycles. The first-order valence-electron chi connectivity index (χ1n) is 9.78. The molecule has 1 N–H and O–H groups in total. The van der Waals surface area contributed by atoms with Crippen molar-refractivity contribution in [1.29, 1.82) is 0 Å². The number of hydrogen-bond donors (Lipinski definition) is 1. The van der Waals surface area contributed by atoms with Gasteiger partial charge in [0.05, 0.1) is 5.56 Å².